The fraction of sp³-hybridized carbons (Fsp3) is 0.333. The second kappa shape index (κ2) is 9.61. The van der Waals surface area contributed by atoms with Gasteiger partial charge in [0.25, 0.3) is 5.91 Å². The van der Waals surface area contributed by atoms with Crippen molar-refractivity contribution in [2.75, 3.05) is 13.7 Å². The van der Waals surface area contributed by atoms with Gasteiger partial charge in [0, 0.05) is 5.56 Å². The minimum absolute atomic E-state index is 0.0250. The molecule has 2 unspecified atom stereocenters. The lowest BCUT2D eigenvalue weighted by molar-refractivity contribution is -0.146. The van der Waals surface area contributed by atoms with Crippen LogP contribution in [0.2, 0.25) is 0 Å². The van der Waals surface area contributed by atoms with Crippen molar-refractivity contribution >= 4 is 11.9 Å². The summed E-state index contributed by atoms with van der Waals surface area (Å²) in [6.45, 7) is 3.68. The zero-order chi connectivity index (χ0) is 18.9. The average molecular weight is 355 g/mol. The van der Waals surface area contributed by atoms with Gasteiger partial charge in [-0.1, -0.05) is 68.8 Å². The summed E-state index contributed by atoms with van der Waals surface area (Å²) in [5.74, 6) is -0.212. The van der Waals surface area contributed by atoms with Gasteiger partial charge < -0.3 is 14.8 Å². The molecule has 0 radical (unpaired) electrons. The molecule has 0 saturated heterocycles. The SMILES string of the molecule is CCC(C)C(NC(=O)COc1ccccc1-c1ccccc1)C(=O)OC. The summed E-state index contributed by atoms with van der Waals surface area (Å²) in [6, 6.07) is 16.7. The Morgan fingerprint density at radius 2 is 1.69 bits per heavy atom. The molecule has 2 rings (SSSR count). The lowest BCUT2D eigenvalue weighted by Gasteiger charge is -2.22. The normalized spacial score (nSPS) is 12.7. The van der Waals surface area contributed by atoms with E-state index in [0.29, 0.717) is 5.75 Å². The van der Waals surface area contributed by atoms with Gasteiger partial charge in [-0.05, 0) is 17.5 Å². The Kier molecular flexibility index (Phi) is 7.21. The van der Waals surface area contributed by atoms with Gasteiger partial charge in [0.2, 0.25) is 0 Å². The first-order valence-electron chi connectivity index (χ1n) is 8.71. The summed E-state index contributed by atoms with van der Waals surface area (Å²) in [5.41, 5.74) is 1.92. The van der Waals surface area contributed by atoms with Gasteiger partial charge >= 0.3 is 5.97 Å². The molecule has 2 atom stereocenters. The number of nitrogens with one attached hydrogen (secondary N) is 1. The molecule has 0 fully saturated rings. The Morgan fingerprint density at radius 1 is 1.04 bits per heavy atom. The van der Waals surface area contributed by atoms with Crippen LogP contribution in [0.5, 0.6) is 5.75 Å². The Labute approximate surface area is 154 Å². The van der Waals surface area contributed by atoms with E-state index in [1.165, 1.54) is 7.11 Å². The number of carbonyl (C=O) groups excluding carboxylic acids is 2. The Balaban J connectivity index is 2.05. The quantitative estimate of drug-likeness (QED) is 0.737. The largest absolute Gasteiger partial charge is 0.483 e. The molecule has 0 saturated carbocycles. The highest BCUT2D eigenvalue weighted by Crippen LogP contribution is 2.29. The van der Waals surface area contributed by atoms with E-state index in [9.17, 15) is 9.59 Å². The Bertz CT molecular complexity index is 730. The highest BCUT2D eigenvalue weighted by Gasteiger charge is 2.26. The van der Waals surface area contributed by atoms with Crippen LogP contribution in [0, 0.1) is 5.92 Å². The summed E-state index contributed by atoms with van der Waals surface area (Å²) in [7, 11) is 1.32. The van der Waals surface area contributed by atoms with Gasteiger partial charge in [-0.25, -0.2) is 4.79 Å². The standard InChI is InChI=1S/C21H25NO4/c1-4-15(2)20(21(24)25-3)22-19(23)14-26-18-13-9-8-12-17(18)16-10-6-5-7-11-16/h5-13,15,20H,4,14H2,1-3H3,(H,22,23). The van der Waals surface area contributed by atoms with E-state index in [1.807, 2.05) is 68.4 Å². The molecule has 1 amide bonds. The lowest BCUT2D eigenvalue weighted by Crippen LogP contribution is -2.47. The number of esters is 1. The number of carbonyl (C=O) groups is 2. The maximum absolute atomic E-state index is 12.3. The highest BCUT2D eigenvalue weighted by molar-refractivity contribution is 5.85. The predicted molar refractivity (Wildman–Crippen MR) is 101 cm³/mol. The number of para-hydroxylation sites is 1. The van der Waals surface area contributed by atoms with E-state index in [-0.39, 0.29) is 18.4 Å². The van der Waals surface area contributed by atoms with Gasteiger partial charge in [0.05, 0.1) is 7.11 Å². The van der Waals surface area contributed by atoms with Crippen molar-refractivity contribution in [2.24, 2.45) is 5.92 Å². The first kappa shape index (κ1) is 19.5. The molecule has 5 heteroatoms. The fourth-order valence-electron chi connectivity index (χ4n) is 2.60. The molecule has 26 heavy (non-hydrogen) atoms. The second-order valence-corrected chi connectivity index (χ2v) is 6.10. The first-order chi connectivity index (χ1) is 12.6. The van der Waals surface area contributed by atoms with Crippen LogP contribution in [0.3, 0.4) is 0 Å². The molecule has 0 aliphatic heterocycles. The number of ether oxygens (including phenoxy) is 2. The van der Waals surface area contributed by atoms with Crippen LogP contribution in [0.1, 0.15) is 20.3 Å². The van der Waals surface area contributed by atoms with Crippen LogP contribution in [0.25, 0.3) is 11.1 Å². The van der Waals surface area contributed by atoms with Crippen molar-refractivity contribution in [2.45, 2.75) is 26.3 Å². The fourth-order valence-corrected chi connectivity index (χ4v) is 2.60. The van der Waals surface area contributed by atoms with Gasteiger partial charge in [0.15, 0.2) is 6.61 Å². The Morgan fingerprint density at radius 3 is 2.35 bits per heavy atom. The molecule has 2 aromatic rings. The molecule has 138 valence electrons. The van der Waals surface area contributed by atoms with Crippen molar-refractivity contribution in [1.29, 1.82) is 0 Å². The van der Waals surface area contributed by atoms with Crippen LogP contribution in [0.15, 0.2) is 54.6 Å². The van der Waals surface area contributed by atoms with Gasteiger partial charge in [-0.15, -0.1) is 0 Å². The van der Waals surface area contributed by atoms with E-state index in [0.717, 1.165) is 17.5 Å². The topological polar surface area (TPSA) is 64.6 Å². The zero-order valence-corrected chi connectivity index (χ0v) is 15.4. The third-order valence-corrected chi connectivity index (χ3v) is 4.32. The van der Waals surface area contributed by atoms with Crippen molar-refractivity contribution in [3.63, 3.8) is 0 Å². The summed E-state index contributed by atoms with van der Waals surface area (Å²) in [4.78, 5) is 24.2. The minimum atomic E-state index is -0.675. The van der Waals surface area contributed by atoms with E-state index >= 15 is 0 Å². The van der Waals surface area contributed by atoms with E-state index < -0.39 is 12.0 Å². The van der Waals surface area contributed by atoms with Crippen LogP contribution >= 0.6 is 0 Å². The maximum Gasteiger partial charge on any atom is 0.328 e. The summed E-state index contributed by atoms with van der Waals surface area (Å²) < 4.78 is 10.5. The van der Waals surface area contributed by atoms with E-state index in [2.05, 4.69) is 5.32 Å². The molecule has 0 aromatic heterocycles. The second-order valence-electron chi connectivity index (χ2n) is 6.10. The number of methoxy groups -OCH3 is 1. The summed E-state index contributed by atoms with van der Waals surface area (Å²) in [5, 5.41) is 2.71. The van der Waals surface area contributed by atoms with Gasteiger partial charge in [-0.3, -0.25) is 4.79 Å². The zero-order valence-electron chi connectivity index (χ0n) is 15.4. The van der Waals surface area contributed by atoms with Crippen LogP contribution in [-0.4, -0.2) is 31.6 Å². The number of hydrogen-bond acceptors (Lipinski definition) is 4. The van der Waals surface area contributed by atoms with E-state index in [1.54, 1.807) is 0 Å². The molecule has 0 bridgehead atoms. The molecule has 0 heterocycles. The monoisotopic (exact) mass is 355 g/mol. The third kappa shape index (κ3) is 5.09. The van der Waals surface area contributed by atoms with Gasteiger partial charge in [0.1, 0.15) is 11.8 Å². The van der Waals surface area contributed by atoms with Crippen molar-refractivity contribution in [3.05, 3.63) is 54.6 Å². The van der Waals surface area contributed by atoms with Crippen molar-refractivity contribution < 1.29 is 19.1 Å². The van der Waals surface area contributed by atoms with Crippen molar-refractivity contribution in [3.8, 4) is 16.9 Å². The van der Waals surface area contributed by atoms with Crippen LogP contribution in [0.4, 0.5) is 0 Å². The smallest absolute Gasteiger partial charge is 0.328 e. The summed E-state index contributed by atoms with van der Waals surface area (Å²) in [6.07, 6.45) is 0.748. The highest BCUT2D eigenvalue weighted by atomic mass is 16.5. The Hall–Kier alpha value is -2.82. The van der Waals surface area contributed by atoms with Crippen LogP contribution < -0.4 is 10.1 Å². The third-order valence-electron chi connectivity index (χ3n) is 4.32. The molecular weight excluding hydrogens is 330 g/mol. The summed E-state index contributed by atoms with van der Waals surface area (Å²) >= 11 is 0. The molecule has 0 aliphatic carbocycles. The predicted octanol–water partition coefficient (Wildman–Crippen LogP) is 3.44. The van der Waals surface area contributed by atoms with Gasteiger partial charge in [-0.2, -0.15) is 0 Å². The molecule has 0 spiro atoms. The molecular formula is C21H25NO4. The lowest BCUT2D eigenvalue weighted by atomic mass is 9.99. The molecule has 0 aliphatic rings. The van der Waals surface area contributed by atoms with E-state index in [4.69, 9.17) is 9.47 Å². The number of amides is 1. The average Bonchev–Trinajstić information content (AvgIpc) is 2.70. The maximum atomic E-state index is 12.3. The molecule has 5 nitrogen and oxygen atoms in total. The number of benzene rings is 2. The van der Waals surface area contributed by atoms with Crippen LogP contribution in [-0.2, 0) is 14.3 Å². The minimum Gasteiger partial charge on any atom is -0.483 e. The van der Waals surface area contributed by atoms with Crippen molar-refractivity contribution in [1.82, 2.24) is 5.32 Å². The first-order valence-corrected chi connectivity index (χ1v) is 8.71. The molecule has 1 N–H and O–H groups in total. The number of rotatable bonds is 8. The molecule has 2 aromatic carbocycles. The number of hydrogen-bond donors (Lipinski definition) is 1.